The van der Waals surface area contributed by atoms with Crippen molar-refractivity contribution in [2.24, 2.45) is 40.9 Å². The molecule has 0 aliphatic heterocycles. The van der Waals surface area contributed by atoms with E-state index in [1.165, 1.54) is 25.7 Å². The molecule has 142 valence electrons. The number of carbonyl (C=O) groups excluding carboxylic acids is 1. The summed E-state index contributed by atoms with van der Waals surface area (Å²) in [5.41, 5.74) is -0.842. The molecule has 0 radical (unpaired) electrons. The van der Waals surface area contributed by atoms with Gasteiger partial charge in [-0.25, -0.2) is 4.39 Å². The predicted molar refractivity (Wildman–Crippen MR) is 100 cm³/mol. The van der Waals surface area contributed by atoms with Crippen LogP contribution in [0.2, 0.25) is 0 Å². The van der Waals surface area contributed by atoms with Gasteiger partial charge in [-0.05, 0) is 92.8 Å². The van der Waals surface area contributed by atoms with Gasteiger partial charge < -0.3 is 5.11 Å². The van der Waals surface area contributed by atoms with Crippen LogP contribution in [0.5, 0.6) is 0 Å². The smallest absolute Gasteiger partial charge is 0.147 e. The van der Waals surface area contributed by atoms with E-state index >= 15 is 0 Å². The summed E-state index contributed by atoms with van der Waals surface area (Å²) in [6, 6.07) is 0. The van der Waals surface area contributed by atoms with Crippen molar-refractivity contribution in [3.63, 3.8) is 0 Å². The first-order valence-corrected chi connectivity index (χ1v) is 11.4. The molecule has 0 spiro atoms. The molecule has 0 heterocycles. The van der Waals surface area contributed by atoms with Crippen LogP contribution in [0.4, 0.5) is 4.39 Å². The zero-order valence-electron chi connectivity index (χ0n) is 15.4. The standard InChI is InChI=1S/C21H32BrFO2/c1-20-8-6-15-14-7-9-21(25,12-23)10-13(14)2-3-16(15)17(20)4-5-18(20)19(24)11-22/h13-18,25H,2-12H2,1H3/t13-,14+,15-,16-,17+,18-,20+,21-/m1/s1. The van der Waals surface area contributed by atoms with Crippen molar-refractivity contribution >= 4 is 21.7 Å². The summed E-state index contributed by atoms with van der Waals surface area (Å²) in [7, 11) is 0. The van der Waals surface area contributed by atoms with Crippen molar-refractivity contribution in [2.45, 2.75) is 70.3 Å². The van der Waals surface area contributed by atoms with Crippen molar-refractivity contribution in [3.8, 4) is 0 Å². The highest BCUT2D eigenvalue weighted by atomic mass is 79.9. The highest BCUT2D eigenvalue weighted by Gasteiger charge is 2.58. The Labute approximate surface area is 159 Å². The summed E-state index contributed by atoms with van der Waals surface area (Å²) < 4.78 is 13.2. The minimum absolute atomic E-state index is 0.202. The minimum Gasteiger partial charge on any atom is -0.387 e. The van der Waals surface area contributed by atoms with Crippen LogP contribution in [0.3, 0.4) is 0 Å². The van der Waals surface area contributed by atoms with E-state index in [2.05, 4.69) is 22.9 Å². The zero-order chi connectivity index (χ0) is 17.8. The summed E-state index contributed by atoms with van der Waals surface area (Å²) in [6.07, 6.45) is 9.39. The maximum atomic E-state index is 13.2. The van der Waals surface area contributed by atoms with Crippen LogP contribution >= 0.6 is 15.9 Å². The molecule has 4 aliphatic carbocycles. The van der Waals surface area contributed by atoms with Crippen LogP contribution in [0, 0.1) is 40.9 Å². The van der Waals surface area contributed by atoms with E-state index in [1.54, 1.807) is 0 Å². The lowest BCUT2D eigenvalue weighted by Gasteiger charge is -2.56. The molecule has 0 bridgehead atoms. The van der Waals surface area contributed by atoms with E-state index in [9.17, 15) is 14.3 Å². The van der Waals surface area contributed by atoms with Gasteiger partial charge in [-0.1, -0.05) is 22.9 Å². The Hall–Kier alpha value is 0.0400. The van der Waals surface area contributed by atoms with Gasteiger partial charge in [-0.15, -0.1) is 0 Å². The second-order valence-corrected chi connectivity index (χ2v) is 10.4. The summed E-state index contributed by atoms with van der Waals surface area (Å²) >= 11 is 3.39. The van der Waals surface area contributed by atoms with Gasteiger partial charge in [0.2, 0.25) is 0 Å². The molecule has 4 heteroatoms. The number of aliphatic hydroxyl groups is 1. The average Bonchev–Trinajstić information content (AvgIpc) is 2.98. The molecule has 4 aliphatic rings. The number of Topliss-reactive ketones (excluding diaryl/α,β-unsaturated/α-hetero) is 1. The number of fused-ring (bicyclic) bond motifs is 5. The monoisotopic (exact) mass is 414 g/mol. The number of alkyl halides is 2. The number of ketones is 1. The molecule has 1 N–H and O–H groups in total. The fourth-order valence-corrected chi connectivity index (χ4v) is 8.10. The van der Waals surface area contributed by atoms with Crippen LogP contribution < -0.4 is 0 Å². The third-order valence-corrected chi connectivity index (χ3v) is 9.43. The summed E-state index contributed by atoms with van der Waals surface area (Å²) in [4.78, 5) is 12.5. The van der Waals surface area contributed by atoms with E-state index in [-0.39, 0.29) is 11.3 Å². The second-order valence-electron chi connectivity index (χ2n) is 9.81. The Morgan fingerprint density at radius 2 is 1.84 bits per heavy atom. The Kier molecular flexibility index (Phi) is 4.84. The molecule has 0 aromatic heterocycles. The maximum absolute atomic E-state index is 13.2. The fourth-order valence-electron chi connectivity index (χ4n) is 7.71. The number of hydrogen-bond donors (Lipinski definition) is 1. The maximum Gasteiger partial charge on any atom is 0.147 e. The van der Waals surface area contributed by atoms with Crippen LogP contribution in [0.25, 0.3) is 0 Å². The topological polar surface area (TPSA) is 37.3 Å². The van der Waals surface area contributed by atoms with Crippen molar-refractivity contribution < 1.29 is 14.3 Å². The van der Waals surface area contributed by atoms with Gasteiger partial charge in [-0.2, -0.15) is 0 Å². The van der Waals surface area contributed by atoms with E-state index in [1.807, 2.05) is 0 Å². The first-order chi connectivity index (χ1) is 11.9. The molecule has 4 saturated carbocycles. The van der Waals surface area contributed by atoms with Gasteiger partial charge in [0.15, 0.2) is 0 Å². The van der Waals surface area contributed by atoms with Gasteiger partial charge in [0.05, 0.1) is 10.9 Å². The van der Waals surface area contributed by atoms with Gasteiger partial charge in [0.1, 0.15) is 12.5 Å². The number of hydrogen-bond acceptors (Lipinski definition) is 2. The lowest BCUT2D eigenvalue weighted by molar-refractivity contribution is -0.131. The van der Waals surface area contributed by atoms with Gasteiger partial charge in [0, 0.05) is 5.92 Å². The Bertz CT molecular complexity index is 540. The fraction of sp³-hybridized carbons (Fsp3) is 0.952. The van der Waals surface area contributed by atoms with Crippen LogP contribution in [0.15, 0.2) is 0 Å². The first kappa shape index (κ1) is 18.4. The van der Waals surface area contributed by atoms with Crippen LogP contribution in [-0.4, -0.2) is 28.5 Å². The quantitative estimate of drug-likeness (QED) is 0.665. The van der Waals surface area contributed by atoms with Gasteiger partial charge in [-0.3, -0.25) is 4.79 Å². The molecular formula is C21H32BrFO2. The van der Waals surface area contributed by atoms with Crippen molar-refractivity contribution in [1.29, 1.82) is 0 Å². The molecule has 0 aromatic carbocycles. The van der Waals surface area contributed by atoms with Crippen LogP contribution in [0.1, 0.15) is 64.7 Å². The molecule has 25 heavy (non-hydrogen) atoms. The molecule has 4 fully saturated rings. The molecule has 0 aromatic rings. The van der Waals surface area contributed by atoms with Crippen molar-refractivity contribution in [1.82, 2.24) is 0 Å². The third kappa shape index (κ3) is 2.85. The largest absolute Gasteiger partial charge is 0.387 e. The number of carbonyl (C=O) groups is 1. The van der Waals surface area contributed by atoms with E-state index in [0.29, 0.717) is 41.7 Å². The SMILES string of the molecule is C[C@]12CC[C@H]3[C@@H](CC[C@@H]4C[C@@](O)(CF)CC[C@@H]43)[C@@H]1CC[C@@H]2C(=O)CBr. The van der Waals surface area contributed by atoms with E-state index < -0.39 is 12.3 Å². The highest BCUT2D eigenvalue weighted by Crippen LogP contribution is 2.64. The molecule has 4 rings (SSSR count). The summed E-state index contributed by atoms with van der Waals surface area (Å²) in [5, 5.41) is 10.9. The second kappa shape index (κ2) is 6.58. The minimum atomic E-state index is -1.04. The Balaban J connectivity index is 1.52. The van der Waals surface area contributed by atoms with Crippen LogP contribution in [-0.2, 0) is 4.79 Å². The normalized spacial score (nSPS) is 52.2. The molecular weight excluding hydrogens is 383 g/mol. The third-order valence-electron chi connectivity index (χ3n) is 8.87. The Morgan fingerprint density at radius 3 is 2.56 bits per heavy atom. The van der Waals surface area contributed by atoms with Crippen molar-refractivity contribution in [2.75, 3.05) is 12.0 Å². The summed E-state index contributed by atoms with van der Waals surface area (Å²) in [6.45, 7) is 1.81. The van der Waals surface area contributed by atoms with E-state index in [4.69, 9.17) is 0 Å². The predicted octanol–water partition coefficient (Wildman–Crippen LogP) is 4.92. The Morgan fingerprint density at radius 1 is 1.08 bits per heavy atom. The van der Waals surface area contributed by atoms with Gasteiger partial charge in [0.25, 0.3) is 0 Å². The molecule has 2 nitrogen and oxygen atoms in total. The molecule has 0 amide bonds. The average molecular weight is 415 g/mol. The molecule has 0 saturated heterocycles. The number of rotatable bonds is 3. The highest BCUT2D eigenvalue weighted by molar-refractivity contribution is 9.09. The molecule has 0 unspecified atom stereocenters. The number of halogens is 2. The zero-order valence-corrected chi connectivity index (χ0v) is 16.9. The lowest BCUT2D eigenvalue weighted by Crippen LogP contribution is -2.52. The summed E-state index contributed by atoms with van der Waals surface area (Å²) in [5.74, 6) is 4.05. The molecule has 8 atom stereocenters. The lowest BCUT2D eigenvalue weighted by atomic mass is 9.49. The van der Waals surface area contributed by atoms with Gasteiger partial charge >= 0.3 is 0 Å². The van der Waals surface area contributed by atoms with E-state index in [0.717, 1.165) is 31.1 Å². The first-order valence-electron chi connectivity index (χ1n) is 10.3. The van der Waals surface area contributed by atoms with Crippen molar-refractivity contribution in [3.05, 3.63) is 0 Å².